The number of aryl methyl sites for hydroxylation is 1. The summed E-state index contributed by atoms with van der Waals surface area (Å²) in [7, 11) is 0. The molecule has 1 aromatic heterocycles. The van der Waals surface area contributed by atoms with Gasteiger partial charge in [0.15, 0.2) is 0 Å². The van der Waals surface area contributed by atoms with Crippen molar-refractivity contribution in [2.45, 2.75) is 33.2 Å². The lowest BCUT2D eigenvalue weighted by molar-refractivity contribution is -0.130. The van der Waals surface area contributed by atoms with Gasteiger partial charge >= 0.3 is 0 Å². The number of halogens is 1. The molecule has 1 aromatic carbocycles. The van der Waals surface area contributed by atoms with Crippen LogP contribution in [0, 0.1) is 0 Å². The molecule has 0 aliphatic rings. The molecule has 0 bridgehead atoms. The first kappa shape index (κ1) is 19.1. The van der Waals surface area contributed by atoms with Gasteiger partial charge in [0.05, 0.1) is 0 Å². The standard InChI is InChI=1S/C16H22N4O2.ClH/c1-3-20(4-2)15(21)10-9-14-18-16(19-22-14)13-7-5-12(11-17)6-8-13;/h5-8H,3-4,9-11,17H2,1-2H3;1H. The summed E-state index contributed by atoms with van der Waals surface area (Å²) in [6.07, 6.45) is 0.846. The highest BCUT2D eigenvalue weighted by atomic mass is 35.5. The van der Waals surface area contributed by atoms with Crippen LogP contribution in [0.3, 0.4) is 0 Å². The number of carbonyl (C=O) groups is 1. The number of benzene rings is 1. The summed E-state index contributed by atoms with van der Waals surface area (Å²) < 4.78 is 5.22. The van der Waals surface area contributed by atoms with E-state index < -0.39 is 0 Å². The molecule has 0 saturated carbocycles. The highest BCUT2D eigenvalue weighted by molar-refractivity contribution is 5.85. The summed E-state index contributed by atoms with van der Waals surface area (Å²) in [6, 6.07) is 7.71. The smallest absolute Gasteiger partial charge is 0.227 e. The Kier molecular flexibility index (Phi) is 7.71. The number of carbonyl (C=O) groups excluding carboxylic acids is 1. The van der Waals surface area contributed by atoms with Crippen LogP contribution in [0.4, 0.5) is 0 Å². The maximum absolute atomic E-state index is 12.0. The van der Waals surface area contributed by atoms with Crippen LogP contribution >= 0.6 is 12.4 Å². The highest BCUT2D eigenvalue weighted by Gasteiger charge is 2.13. The molecule has 2 aromatic rings. The number of nitrogens with zero attached hydrogens (tertiary/aromatic N) is 3. The zero-order chi connectivity index (χ0) is 15.9. The minimum absolute atomic E-state index is 0. The van der Waals surface area contributed by atoms with Crippen molar-refractivity contribution < 1.29 is 9.32 Å². The van der Waals surface area contributed by atoms with Crippen molar-refractivity contribution in [2.24, 2.45) is 5.73 Å². The summed E-state index contributed by atoms with van der Waals surface area (Å²) >= 11 is 0. The number of hydrogen-bond acceptors (Lipinski definition) is 5. The van der Waals surface area contributed by atoms with Crippen molar-refractivity contribution in [3.05, 3.63) is 35.7 Å². The summed E-state index contributed by atoms with van der Waals surface area (Å²) in [4.78, 5) is 18.1. The van der Waals surface area contributed by atoms with Crippen molar-refractivity contribution in [1.29, 1.82) is 0 Å². The van der Waals surface area contributed by atoms with Gasteiger partial charge in [0.1, 0.15) is 0 Å². The Morgan fingerprint density at radius 3 is 2.43 bits per heavy atom. The zero-order valence-corrected chi connectivity index (χ0v) is 14.3. The molecule has 0 aliphatic heterocycles. The zero-order valence-electron chi connectivity index (χ0n) is 13.5. The van der Waals surface area contributed by atoms with Crippen LogP contribution < -0.4 is 5.73 Å². The van der Waals surface area contributed by atoms with E-state index in [1.165, 1.54) is 0 Å². The molecule has 0 aliphatic carbocycles. The first-order valence-corrected chi connectivity index (χ1v) is 7.57. The Balaban J connectivity index is 0.00000264. The number of hydrogen-bond donors (Lipinski definition) is 1. The maximum Gasteiger partial charge on any atom is 0.227 e. The summed E-state index contributed by atoms with van der Waals surface area (Å²) in [5, 5.41) is 3.96. The van der Waals surface area contributed by atoms with Gasteiger partial charge in [-0.1, -0.05) is 29.4 Å². The normalized spacial score (nSPS) is 10.2. The van der Waals surface area contributed by atoms with E-state index in [1.807, 2.05) is 38.1 Å². The third-order valence-corrected chi connectivity index (χ3v) is 3.58. The molecule has 23 heavy (non-hydrogen) atoms. The topological polar surface area (TPSA) is 85.2 Å². The van der Waals surface area contributed by atoms with Gasteiger partial charge in [-0.05, 0) is 19.4 Å². The average Bonchev–Trinajstić information content (AvgIpc) is 3.03. The van der Waals surface area contributed by atoms with Crippen molar-refractivity contribution >= 4 is 18.3 Å². The fraction of sp³-hybridized carbons (Fsp3) is 0.438. The van der Waals surface area contributed by atoms with Gasteiger partial charge in [0.2, 0.25) is 17.6 Å². The molecule has 7 heteroatoms. The maximum atomic E-state index is 12.0. The molecule has 0 spiro atoms. The van der Waals surface area contributed by atoms with Crippen LogP contribution in [-0.2, 0) is 17.8 Å². The van der Waals surface area contributed by atoms with Crippen molar-refractivity contribution in [2.75, 3.05) is 13.1 Å². The minimum Gasteiger partial charge on any atom is -0.343 e. The van der Waals surface area contributed by atoms with Crippen LogP contribution in [0.25, 0.3) is 11.4 Å². The number of amides is 1. The van der Waals surface area contributed by atoms with Crippen molar-refractivity contribution in [1.82, 2.24) is 15.0 Å². The molecule has 2 rings (SSSR count). The van der Waals surface area contributed by atoms with E-state index >= 15 is 0 Å². The van der Waals surface area contributed by atoms with Crippen LogP contribution in [0.2, 0.25) is 0 Å². The van der Waals surface area contributed by atoms with Gasteiger partial charge in [-0.15, -0.1) is 12.4 Å². The van der Waals surface area contributed by atoms with E-state index in [1.54, 1.807) is 4.90 Å². The van der Waals surface area contributed by atoms with E-state index in [0.29, 0.717) is 31.1 Å². The minimum atomic E-state index is 0. The van der Waals surface area contributed by atoms with Gasteiger partial charge in [0, 0.05) is 38.0 Å². The molecular weight excluding hydrogens is 316 g/mol. The van der Waals surface area contributed by atoms with Gasteiger partial charge in [-0.3, -0.25) is 4.79 Å². The molecule has 1 amide bonds. The fourth-order valence-electron chi connectivity index (χ4n) is 2.21. The van der Waals surface area contributed by atoms with Crippen molar-refractivity contribution in [3.63, 3.8) is 0 Å². The Hall–Kier alpha value is -1.92. The molecular formula is C16H23ClN4O2. The lowest BCUT2D eigenvalue weighted by atomic mass is 10.1. The molecule has 1 heterocycles. The molecule has 0 fully saturated rings. The van der Waals surface area contributed by atoms with E-state index in [4.69, 9.17) is 10.3 Å². The highest BCUT2D eigenvalue weighted by Crippen LogP contribution is 2.17. The van der Waals surface area contributed by atoms with Gasteiger partial charge < -0.3 is 15.2 Å². The van der Waals surface area contributed by atoms with Crippen molar-refractivity contribution in [3.8, 4) is 11.4 Å². The van der Waals surface area contributed by atoms with Gasteiger partial charge in [-0.25, -0.2) is 0 Å². The third-order valence-electron chi connectivity index (χ3n) is 3.58. The molecule has 126 valence electrons. The van der Waals surface area contributed by atoms with Crippen LogP contribution in [0.5, 0.6) is 0 Å². The van der Waals surface area contributed by atoms with Gasteiger partial charge in [0.25, 0.3) is 0 Å². The van der Waals surface area contributed by atoms with E-state index in [9.17, 15) is 4.79 Å². The Morgan fingerprint density at radius 2 is 1.87 bits per heavy atom. The molecule has 0 radical (unpaired) electrons. The predicted molar refractivity (Wildman–Crippen MR) is 91.1 cm³/mol. The van der Waals surface area contributed by atoms with Crippen LogP contribution in [0.1, 0.15) is 31.7 Å². The second kappa shape index (κ2) is 9.27. The number of aromatic nitrogens is 2. The van der Waals surface area contributed by atoms with E-state index in [2.05, 4.69) is 10.1 Å². The first-order valence-electron chi connectivity index (χ1n) is 7.57. The van der Waals surface area contributed by atoms with Crippen LogP contribution in [-0.4, -0.2) is 34.0 Å². The fourth-order valence-corrected chi connectivity index (χ4v) is 2.21. The second-order valence-electron chi connectivity index (χ2n) is 4.98. The quantitative estimate of drug-likeness (QED) is 0.838. The number of nitrogens with two attached hydrogens (primary N) is 1. The summed E-state index contributed by atoms with van der Waals surface area (Å²) in [5.74, 6) is 1.13. The molecule has 0 unspecified atom stereocenters. The average molecular weight is 339 g/mol. The second-order valence-corrected chi connectivity index (χ2v) is 4.98. The molecule has 0 saturated heterocycles. The summed E-state index contributed by atoms with van der Waals surface area (Å²) in [6.45, 7) is 5.88. The third kappa shape index (κ3) is 5.04. The monoisotopic (exact) mass is 338 g/mol. The molecule has 2 N–H and O–H groups in total. The molecule has 6 nitrogen and oxygen atoms in total. The first-order chi connectivity index (χ1) is 10.7. The SMILES string of the molecule is CCN(CC)C(=O)CCc1nc(-c2ccc(CN)cc2)no1.Cl. The number of rotatable bonds is 7. The predicted octanol–water partition coefficient (Wildman–Crippen LogP) is 2.42. The Bertz CT molecular complexity index is 609. The lowest BCUT2D eigenvalue weighted by Crippen LogP contribution is -2.30. The Labute approximate surface area is 142 Å². The Morgan fingerprint density at radius 1 is 1.22 bits per heavy atom. The van der Waals surface area contributed by atoms with Crippen LogP contribution in [0.15, 0.2) is 28.8 Å². The lowest BCUT2D eigenvalue weighted by Gasteiger charge is -2.17. The largest absolute Gasteiger partial charge is 0.343 e. The summed E-state index contributed by atoms with van der Waals surface area (Å²) in [5.41, 5.74) is 7.50. The van der Waals surface area contributed by atoms with E-state index in [-0.39, 0.29) is 18.3 Å². The van der Waals surface area contributed by atoms with Gasteiger partial charge in [-0.2, -0.15) is 4.98 Å². The van der Waals surface area contributed by atoms with E-state index in [0.717, 1.165) is 24.2 Å². The molecule has 0 atom stereocenters.